The monoisotopic (exact) mass is 396 g/mol. The quantitative estimate of drug-likeness (QED) is 0.567. The summed E-state index contributed by atoms with van der Waals surface area (Å²) in [5.74, 6) is 0.666. The van der Waals surface area contributed by atoms with Gasteiger partial charge in [0, 0.05) is 17.5 Å². The molecule has 5 nitrogen and oxygen atoms in total. The molecule has 3 aromatic rings. The van der Waals surface area contributed by atoms with Crippen LogP contribution in [0.1, 0.15) is 57.6 Å². The van der Waals surface area contributed by atoms with Gasteiger partial charge in [-0.25, -0.2) is 14.1 Å². The van der Waals surface area contributed by atoms with Gasteiger partial charge in [-0.2, -0.15) is 0 Å². The van der Waals surface area contributed by atoms with Crippen LogP contribution in [0, 0.1) is 0 Å². The minimum atomic E-state index is -0.170. The molecule has 0 N–H and O–H groups in total. The summed E-state index contributed by atoms with van der Waals surface area (Å²) in [6, 6.07) is 8.42. The van der Waals surface area contributed by atoms with E-state index in [0.717, 1.165) is 60.6 Å². The summed E-state index contributed by atoms with van der Waals surface area (Å²) in [7, 11) is 0. The predicted octanol–water partition coefficient (Wildman–Crippen LogP) is 4.69. The number of unbranched alkanes of at least 4 members (excludes halogenated alkanes) is 1. The van der Waals surface area contributed by atoms with Gasteiger partial charge in [-0.05, 0) is 37.5 Å². The molecule has 148 valence electrons. The molecule has 1 aromatic carbocycles. The Morgan fingerprint density at radius 1 is 1.18 bits per heavy atom. The summed E-state index contributed by atoms with van der Waals surface area (Å²) in [6.45, 7) is 7.32. The Balaban J connectivity index is 2.11. The average Bonchev–Trinajstić information content (AvgIpc) is 3.09. The van der Waals surface area contributed by atoms with E-state index in [1.165, 1.54) is 17.3 Å². The molecule has 0 aliphatic heterocycles. The Morgan fingerprint density at radius 3 is 2.61 bits per heavy atom. The standard InChI is InChI=1S/C22H28N4OS/c1-5-8-13-25-20-23-18-16-12-10-9-11-15(16)14-22(6-2,7-3)17(18)19(27)26(20)21(24-25)28-4/h9-12H,5-8,13-14H2,1-4H3. The molecule has 0 atom stereocenters. The number of aromatic nitrogens is 4. The zero-order valence-corrected chi connectivity index (χ0v) is 18.0. The van der Waals surface area contributed by atoms with Gasteiger partial charge >= 0.3 is 0 Å². The van der Waals surface area contributed by atoms with Crippen LogP contribution in [-0.2, 0) is 18.4 Å². The zero-order valence-electron chi connectivity index (χ0n) is 17.2. The molecule has 2 aromatic heterocycles. The maximum Gasteiger partial charge on any atom is 0.265 e. The lowest BCUT2D eigenvalue weighted by molar-refractivity contribution is 0.382. The summed E-state index contributed by atoms with van der Waals surface area (Å²) in [4.78, 5) is 18.9. The molecule has 0 saturated carbocycles. The SMILES string of the molecule is CCCCn1nc(SC)n2c(=O)c3c(nc12)-c1ccccc1CC3(CC)CC. The molecule has 1 aliphatic rings. The fourth-order valence-corrected chi connectivity index (χ4v) is 5.05. The van der Waals surface area contributed by atoms with E-state index >= 15 is 0 Å². The lowest BCUT2D eigenvalue weighted by Gasteiger charge is -2.37. The van der Waals surface area contributed by atoms with E-state index in [0.29, 0.717) is 5.78 Å². The Morgan fingerprint density at radius 2 is 1.93 bits per heavy atom. The minimum Gasteiger partial charge on any atom is -0.268 e. The van der Waals surface area contributed by atoms with E-state index < -0.39 is 0 Å². The summed E-state index contributed by atoms with van der Waals surface area (Å²) >= 11 is 1.51. The highest BCUT2D eigenvalue weighted by Gasteiger charge is 2.40. The van der Waals surface area contributed by atoms with Crippen LogP contribution < -0.4 is 5.56 Å². The van der Waals surface area contributed by atoms with Crippen molar-refractivity contribution in [2.24, 2.45) is 0 Å². The van der Waals surface area contributed by atoms with Crippen molar-refractivity contribution in [3.8, 4) is 11.3 Å². The molecule has 0 bridgehead atoms. The summed E-state index contributed by atoms with van der Waals surface area (Å²) in [6.07, 6.45) is 6.81. The van der Waals surface area contributed by atoms with Crippen molar-refractivity contribution in [1.82, 2.24) is 19.2 Å². The van der Waals surface area contributed by atoms with Gasteiger partial charge < -0.3 is 0 Å². The van der Waals surface area contributed by atoms with Gasteiger partial charge in [0.25, 0.3) is 5.56 Å². The van der Waals surface area contributed by atoms with Gasteiger partial charge in [0.1, 0.15) is 0 Å². The van der Waals surface area contributed by atoms with Crippen LogP contribution in [0.2, 0.25) is 0 Å². The number of thioether (sulfide) groups is 1. The second-order valence-electron chi connectivity index (χ2n) is 7.66. The second kappa shape index (κ2) is 7.39. The van der Waals surface area contributed by atoms with E-state index in [2.05, 4.69) is 39.0 Å². The number of hydrogen-bond acceptors (Lipinski definition) is 4. The molecule has 1 aliphatic carbocycles. The number of aryl methyl sites for hydroxylation is 1. The molecule has 0 spiro atoms. The molecule has 2 heterocycles. The zero-order chi connectivity index (χ0) is 19.9. The van der Waals surface area contributed by atoms with Gasteiger partial charge in [0.15, 0.2) is 5.16 Å². The fourth-order valence-electron chi connectivity index (χ4n) is 4.52. The van der Waals surface area contributed by atoms with E-state index in [4.69, 9.17) is 10.1 Å². The molecule has 0 saturated heterocycles. The second-order valence-corrected chi connectivity index (χ2v) is 8.43. The first kappa shape index (κ1) is 19.2. The summed E-state index contributed by atoms with van der Waals surface area (Å²) in [5, 5.41) is 5.44. The maximum atomic E-state index is 13.8. The van der Waals surface area contributed by atoms with Crippen molar-refractivity contribution in [3.63, 3.8) is 0 Å². The van der Waals surface area contributed by atoms with Crippen LogP contribution in [0.25, 0.3) is 17.0 Å². The maximum absolute atomic E-state index is 13.8. The Bertz CT molecular complexity index is 1080. The number of nitrogens with zero attached hydrogens (tertiary/aromatic N) is 4. The average molecular weight is 397 g/mol. The highest BCUT2D eigenvalue weighted by Crippen LogP contribution is 2.44. The highest BCUT2D eigenvalue weighted by atomic mass is 32.2. The number of rotatable bonds is 6. The molecular weight excluding hydrogens is 368 g/mol. The van der Waals surface area contributed by atoms with Crippen molar-refractivity contribution in [3.05, 3.63) is 45.7 Å². The van der Waals surface area contributed by atoms with E-state index in [-0.39, 0.29) is 11.0 Å². The van der Waals surface area contributed by atoms with Crippen molar-refractivity contribution >= 4 is 17.5 Å². The van der Waals surface area contributed by atoms with Gasteiger partial charge in [0.2, 0.25) is 5.78 Å². The van der Waals surface area contributed by atoms with E-state index in [1.54, 1.807) is 4.40 Å². The first-order chi connectivity index (χ1) is 13.6. The van der Waals surface area contributed by atoms with Crippen LogP contribution in [0.4, 0.5) is 0 Å². The summed E-state index contributed by atoms with van der Waals surface area (Å²) in [5.41, 5.74) is 4.02. The van der Waals surface area contributed by atoms with Crippen LogP contribution in [0.3, 0.4) is 0 Å². The molecule has 28 heavy (non-hydrogen) atoms. The van der Waals surface area contributed by atoms with Gasteiger partial charge in [-0.15, -0.1) is 5.10 Å². The van der Waals surface area contributed by atoms with Crippen LogP contribution in [0.5, 0.6) is 0 Å². The number of benzene rings is 1. The van der Waals surface area contributed by atoms with Crippen LogP contribution in [0.15, 0.2) is 34.2 Å². The summed E-state index contributed by atoms with van der Waals surface area (Å²) < 4.78 is 3.65. The minimum absolute atomic E-state index is 0.0605. The molecule has 0 unspecified atom stereocenters. The lowest BCUT2D eigenvalue weighted by Crippen LogP contribution is -2.39. The van der Waals surface area contributed by atoms with Crippen LogP contribution >= 0.6 is 11.8 Å². The predicted molar refractivity (Wildman–Crippen MR) is 115 cm³/mol. The van der Waals surface area contributed by atoms with E-state index in [1.807, 2.05) is 17.0 Å². The smallest absolute Gasteiger partial charge is 0.265 e. The van der Waals surface area contributed by atoms with Gasteiger partial charge in [-0.1, -0.05) is 63.2 Å². The van der Waals surface area contributed by atoms with Crippen LogP contribution in [-0.4, -0.2) is 25.4 Å². The molecule has 0 fully saturated rings. The largest absolute Gasteiger partial charge is 0.268 e. The third-order valence-electron chi connectivity index (χ3n) is 6.29. The lowest BCUT2D eigenvalue weighted by atomic mass is 9.66. The van der Waals surface area contributed by atoms with Gasteiger partial charge in [0.05, 0.1) is 11.3 Å². The van der Waals surface area contributed by atoms with Gasteiger partial charge in [-0.3, -0.25) is 4.79 Å². The third kappa shape index (κ3) is 2.72. The normalized spacial score (nSPS) is 14.9. The van der Waals surface area contributed by atoms with E-state index in [9.17, 15) is 4.79 Å². The molecule has 4 rings (SSSR count). The topological polar surface area (TPSA) is 52.2 Å². The Hall–Kier alpha value is -2.08. The first-order valence-electron chi connectivity index (χ1n) is 10.3. The Kier molecular flexibility index (Phi) is 5.08. The first-order valence-corrected chi connectivity index (χ1v) is 11.5. The number of fused-ring (bicyclic) bond motifs is 4. The fraction of sp³-hybridized carbons (Fsp3) is 0.500. The Labute approximate surface area is 170 Å². The molecular formula is C22H28N4OS. The number of hydrogen-bond donors (Lipinski definition) is 0. The van der Waals surface area contributed by atoms with Crippen molar-refractivity contribution < 1.29 is 0 Å². The highest BCUT2D eigenvalue weighted by molar-refractivity contribution is 7.98. The molecule has 0 radical (unpaired) electrons. The molecule has 6 heteroatoms. The van der Waals surface area contributed by atoms with Crippen molar-refractivity contribution in [2.75, 3.05) is 6.26 Å². The molecule has 0 amide bonds. The van der Waals surface area contributed by atoms with Crippen molar-refractivity contribution in [2.45, 2.75) is 70.0 Å². The van der Waals surface area contributed by atoms with Crippen molar-refractivity contribution in [1.29, 1.82) is 0 Å². The third-order valence-corrected chi connectivity index (χ3v) is 6.91.